The smallest absolute Gasteiger partial charge is 0.313 e. The summed E-state index contributed by atoms with van der Waals surface area (Å²) in [6, 6.07) is 10.2. The number of benzene rings is 1. The van der Waals surface area contributed by atoms with Crippen LogP contribution in [0.5, 0.6) is 0 Å². The average Bonchev–Trinajstić information content (AvgIpc) is 3.33. The van der Waals surface area contributed by atoms with Crippen LogP contribution in [0, 0.1) is 44.8 Å². The summed E-state index contributed by atoms with van der Waals surface area (Å²) in [5, 5.41) is 7.85. The van der Waals surface area contributed by atoms with E-state index in [1.165, 1.54) is 28.6 Å². The number of fused-ring (bicyclic) bond motifs is 8. The Kier molecular flexibility index (Phi) is 6.75. The molecule has 3 fully saturated rings. The van der Waals surface area contributed by atoms with E-state index >= 15 is 0 Å². The third-order valence-corrected chi connectivity index (χ3v) is 15.3. The molecule has 6 heteroatoms. The van der Waals surface area contributed by atoms with Crippen LogP contribution < -0.4 is 5.73 Å². The molecule has 0 bridgehead atoms. The fraction of sp³-hybridized carbons (Fsp3) is 0.684. The van der Waals surface area contributed by atoms with Crippen LogP contribution in [-0.2, 0) is 28.0 Å². The van der Waals surface area contributed by atoms with Crippen molar-refractivity contribution < 1.29 is 9.53 Å². The van der Waals surface area contributed by atoms with Gasteiger partial charge in [-0.15, -0.1) is 0 Å². The number of rotatable bonds is 3. The van der Waals surface area contributed by atoms with Gasteiger partial charge < -0.3 is 10.5 Å². The molecule has 3 saturated carbocycles. The van der Waals surface area contributed by atoms with Crippen molar-refractivity contribution in [3.05, 3.63) is 57.2 Å². The Bertz CT molecular complexity index is 1530. The van der Waals surface area contributed by atoms with Gasteiger partial charge in [-0.05, 0) is 113 Å². The summed E-state index contributed by atoms with van der Waals surface area (Å²) >= 11 is 4.29. The van der Waals surface area contributed by atoms with Gasteiger partial charge in [-0.3, -0.25) is 9.89 Å². The summed E-state index contributed by atoms with van der Waals surface area (Å²) in [5.74, 6) is 1.96. The predicted molar refractivity (Wildman–Crippen MR) is 180 cm³/mol. The Morgan fingerprint density at radius 3 is 2.43 bits per heavy atom. The molecule has 7 atom stereocenters. The molecule has 5 nitrogen and oxygen atoms in total. The number of aromatic amines is 1. The summed E-state index contributed by atoms with van der Waals surface area (Å²) in [6.07, 6.45) is 9.39. The Hall–Kier alpha value is -2.08. The number of nitrogen functional groups attached to an aromatic ring is 1. The van der Waals surface area contributed by atoms with Gasteiger partial charge in [-0.2, -0.15) is 5.10 Å². The highest BCUT2D eigenvalue weighted by atomic mass is 79.9. The molecule has 1 heterocycles. The zero-order chi connectivity index (χ0) is 31.5. The fourth-order valence-electron chi connectivity index (χ4n) is 12.0. The number of aromatic nitrogens is 2. The lowest BCUT2D eigenvalue weighted by atomic mass is 9.33. The topological polar surface area (TPSA) is 81.0 Å². The van der Waals surface area contributed by atoms with Crippen LogP contribution in [0.4, 0.5) is 5.82 Å². The van der Waals surface area contributed by atoms with E-state index < -0.39 is 5.41 Å². The monoisotopic (exact) mass is 661 g/mol. The predicted octanol–water partition coefficient (Wildman–Crippen LogP) is 9.27. The molecule has 3 unspecified atom stereocenters. The molecule has 2 aromatic rings. The first-order valence-corrected chi connectivity index (χ1v) is 17.8. The minimum absolute atomic E-state index is 0.0103. The van der Waals surface area contributed by atoms with Crippen molar-refractivity contribution in [3.63, 3.8) is 0 Å². The maximum Gasteiger partial charge on any atom is 0.313 e. The molecule has 0 radical (unpaired) electrons. The van der Waals surface area contributed by atoms with Crippen molar-refractivity contribution >= 4 is 27.7 Å². The lowest BCUT2D eigenvalue weighted by Crippen LogP contribution is -2.65. The summed E-state index contributed by atoms with van der Waals surface area (Å²) in [5.41, 5.74) is 11.6. The largest absolute Gasteiger partial charge is 0.460 e. The normalized spacial score (nSPS) is 40.1. The first-order chi connectivity index (χ1) is 20.6. The maximum atomic E-state index is 14.3. The summed E-state index contributed by atoms with van der Waals surface area (Å²) in [6.45, 7) is 17.8. The minimum Gasteiger partial charge on any atom is -0.460 e. The van der Waals surface area contributed by atoms with Crippen LogP contribution in [0.25, 0.3) is 0 Å². The molecule has 1 aromatic heterocycles. The second-order valence-corrected chi connectivity index (χ2v) is 18.4. The van der Waals surface area contributed by atoms with Gasteiger partial charge in [-0.25, -0.2) is 0 Å². The second kappa shape index (κ2) is 9.72. The molecule has 0 spiro atoms. The number of H-pyrrole nitrogens is 1. The molecule has 3 N–H and O–H groups in total. The molecule has 5 aliphatic rings. The van der Waals surface area contributed by atoms with Crippen LogP contribution in [0.2, 0.25) is 0 Å². The van der Waals surface area contributed by atoms with E-state index in [4.69, 9.17) is 10.5 Å². The number of ether oxygens (including phenoxy) is 1. The van der Waals surface area contributed by atoms with Crippen LogP contribution in [-0.4, -0.2) is 16.2 Å². The van der Waals surface area contributed by atoms with E-state index in [9.17, 15) is 4.79 Å². The first kappa shape index (κ1) is 30.6. The van der Waals surface area contributed by atoms with Gasteiger partial charge >= 0.3 is 5.97 Å². The van der Waals surface area contributed by atoms with Crippen molar-refractivity contribution in [1.82, 2.24) is 10.2 Å². The van der Waals surface area contributed by atoms with E-state index in [0.29, 0.717) is 24.3 Å². The molecule has 5 aliphatic carbocycles. The van der Waals surface area contributed by atoms with Crippen molar-refractivity contribution in [3.8, 4) is 0 Å². The Morgan fingerprint density at radius 2 is 1.70 bits per heavy atom. The molecule has 44 heavy (non-hydrogen) atoms. The summed E-state index contributed by atoms with van der Waals surface area (Å²) < 4.78 is 7.60. The van der Waals surface area contributed by atoms with E-state index in [-0.39, 0.29) is 39.0 Å². The second-order valence-electron chi connectivity index (χ2n) is 17.4. The van der Waals surface area contributed by atoms with Gasteiger partial charge in [0, 0.05) is 16.7 Å². The van der Waals surface area contributed by atoms with E-state index in [0.717, 1.165) is 50.5 Å². The Balaban J connectivity index is 1.30. The third-order valence-electron chi connectivity index (χ3n) is 14.5. The lowest BCUT2D eigenvalue weighted by molar-refractivity contribution is -0.182. The molecular formula is C38H52BrN3O2. The molecule has 0 aliphatic heterocycles. The van der Waals surface area contributed by atoms with Crippen molar-refractivity contribution in [1.29, 1.82) is 0 Å². The van der Waals surface area contributed by atoms with Crippen molar-refractivity contribution in [2.45, 2.75) is 118 Å². The SMILES string of the molecule is CC1(C)CC[C@]2(C(=O)OCc3ccccc3)CC[C@]3(C)C(=C(Br)CC4[C@@]5(C)Cc6c(N)n[nH]c6C(C)(C)C5CC[C@]43C)C2C1. The number of hydrogen-bond acceptors (Lipinski definition) is 4. The standard InChI is InChI=1S/C38H52BrN3O2/c1-33(2)15-17-38(32(43)44-22-23-11-9-8-10-12-23)18-16-37(7)29(25(38)21-33)26(39)19-28-35(5)20-24-30(41-42-31(24)40)34(3,4)27(35)13-14-36(28,37)6/h8-12,25,27-28H,13-22H2,1-7H3,(H3,40,41,42)/t25?,27?,28?,35-,36+,37+,38-/m0/s1. The number of carbonyl (C=O) groups is 1. The number of halogens is 1. The Labute approximate surface area is 272 Å². The zero-order valence-corrected chi connectivity index (χ0v) is 29.5. The van der Waals surface area contributed by atoms with Crippen LogP contribution >= 0.6 is 15.9 Å². The van der Waals surface area contributed by atoms with Crippen LogP contribution in [0.3, 0.4) is 0 Å². The van der Waals surface area contributed by atoms with Gasteiger partial charge in [0.05, 0.1) is 5.41 Å². The number of nitrogens with one attached hydrogen (secondary N) is 1. The highest BCUT2D eigenvalue weighted by Gasteiger charge is 2.70. The van der Waals surface area contributed by atoms with E-state index in [1.807, 2.05) is 18.2 Å². The van der Waals surface area contributed by atoms with Gasteiger partial charge in [0.25, 0.3) is 0 Å². The van der Waals surface area contributed by atoms with Gasteiger partial charge in [0.2, 0.25) is 0 Å². The lowest BCUT2D eigenvalue weighted by Gasteiger charge is -2.71. The summed E-state index contributed by atoms with van der Waals surface area (Å²) in [7, 11) is 0. The fourth-order valence-corrected chi connectivity index (χ4v) is 13.0. The third kappa shape index (κ3) is 4.00. The molecule has 7 rings (SSSR count). The zero-order valence-electron chi connectivity index (χ0n) is 27.9. The minimum atomic E-state index is -0.449. The average molecular weight is 663 g/mol. The first-order valence-electron chi connectivity index (χ1n) is 17.0. The quantitative estimate of drug-likeness (QED) is 0.321. The molecule has 0 saturated heterocycles. The van der Waals surface area contributed by atoms with Gasteiger partial charge in [0.1, 0.15) is 12.4 Å². The highest BCUT2D eigenvalue weighted by molar-refractivity contribution is 9.11. The molecule has 238 valence electrons. The number of anilines is 1. The van der Waals surface area contributed by atoms with E-state index in [1.54, 1.807) is 5.57 Å². The molecular weight excluding hydrogens is 610 g/mol. The van der Waals surface area contributed by atoms with Crippen molar-refractivity contribution in [2.75, 3.05) is 5.73 Å². The van der Waals surface area contributed by atoms with Gasteiger partial charge in [0.15, 0.2) is 0 Å². The molecule has 0 amide bonds. The number of nitrogens with two attached hydrogens (primary N) is 1. The number of esters is 1. The summed E-state index contributed by atoms with van der Waals surface area (Å²) in [4.78, 5) is 14.3. The number of hydrogen-bond donors (Lipinski definition) is 2. The van der Waals surface area contributed by atoms with Crippen LogP contribution in [0.1, 0.15) is 117 Å². The number of allylic oxidation sites excluding steroid dienone is 2. The van der Waals surface area contributed by atoms with Gasteiger partial charge in [-0.1, -0.05) is 94.7 Å². The number of carbonyl (C=O) groups excluding carboxylic acids is 1. The highest BCUT2D eigenvalue weighted by Crippen LogP contribution is 2.77. The van der Waals surface area contributed by atoms with E-state index in [2.05, 4.69) is 86.7 Å². The maximum absolute atomic E-state index is 14.3. The van der Waals surface area contributed by atoms with Crippen LogP contribution in [0.15, 0.2) is 40.4 Å². The molecule has 1 aromatic carbocycles. The Morgan fingerprint density at radius 1 is 1.00 bits per heavy atom. The van der Waals surface area contributed by atoms with Crippen molar-refractivity contribution in [2.24, 2.45) is 44.8 Å². The number of nitrogens with zero attached hydrogens (tertiary/aromatic N) is 1.